The molecule has 4 heteroatoms. The van der Waals surface area contributed by atoms with Crippen molar-refractivity contribution in [2.45, 2.75) is 17.7 Å². The van der Waals surface area contributed by atoms with Crippen LogP contribution in [-0.4, -0.2) is 11.2 Å². The minimum absolute atomic E-state index is 0.132. The Balaban J connectivity index is 3.24. The quantitative estimate of drug-likeness (QED) is 0.339. The van der Waals surface area contributed by atoms with Gasteiger partial charge in [0, 0.05) is 22.9 Å². The van der Waals surface area contributed by atoms with Crippen LogP contribution in [0.1, 0.15) is 18.4 Å². The number of rotatable bonds is 4. The summed E-state index contributed by atoms with van der Waals surface area (Å²) in [5.74, 6) is 0.132. The van der Waals surface area contributed by atoms with Crippen LogP contribution in [0.15, 0.2) is 35.7 Å². The molecule has 0 heterocycles. The molecule has 0 fully saturated rings. The molecule has 1 rings (SSSR count). The standard InChI is InChI=1S/C11H13NO2S/c1-4-8(2)10-7-9(12(13)14)5-6-11(10)15-3/h4-8H,1H2,2-3H3. The van der Waals surface area contributed by atoms with Crippen molar-refractivity contribution in [3.63, 3.8) is 0 Å². The van der Waals surface area contributed by atoms with E-state index in [4.69, 9.17) is 0 Å². The van der Waals surface area contributed by atoms with Crippen LogP contribution < -0.4 is 0 Å². The second-order valence-electron chi connectivity index (χ2n) is 3.21. The van der Waals surface area contributed by atoms with E-state index >= 15 is 0 Å². The summed E-state index contributed by atoms with van der Waals surface area (Å²) in [6.45, 7) is 5.69. The topological polar surface area (TPSA) is 43.1 Å². The lowest BCUT2D eigenvalue weighted by Gasteiger charge is -2.10. The molecule has 1 aromatic rings. The molecule has 1 unspecified atom stereocenters. The zero-order valence-electron chi connectivity index (χ0n) is 8.77. The number of allylic oxidation sites excluding steroid dienone is 1. The number of thioether (sulfide) groups is 1. The third-order valence-corrected chi connectivity index (χ3v) is 3.08. The van der Waals surface area contributed by atoms with Gasteiger partial charge < -0.3 is 0 Å². The first kappa shape index (κ1) is 11.8. The van der Waals surface area contributed by atoms with E-state index in [1.165, 1.54) is 6.07 Å². The van der Waals surface area contributed by atoms with E-state index in [2.05, 4.69) is 6.58 Å². The average Bonchev–Trinajstić information content (AvgIpc) is 2.27. The summed E-state index contributed by atoms with van der Waals surface area (Å²) in [4.78, 5) is 11.3. The number of hydrogen-bond donors (Lipinski definition) is 0. The van der Waals surface area contributed by atoms with Gasteiger partial charge in [-0.2, -0.15) is 0 Å². The smallest absolute Gasteiger partial charge is 0.258 e. The van der Waals surface area contributed by atoms with Gasteiger partial charge in [0.15, 0.2) is 0 Å². The van der Waals surface area contributed by atoms with Crippen LogP contribution in [0.4, 0.5) is 5.69 Å². The molecule has 1 atom stereocenters. The van der Waals surface area contributed by atoms with Gasteiger partial charge in [0.2, 0.25) is 0 Å². The predicted molar refractivity (Wildman–Crippen MR) is 63.5 cm³/mol. The summed E-state index contributed by atoms with van der Waals surface area (Å²) in [5.41, 5.74) is 1.10. The third-order valence-electron chi connectivity index (χ3n) is 2.27. The molecule has 1 aromatic carbocycles. The molecule has 0 N–H and O–H groups in total. The zero-order valence-corrected chi connectivity index (χ0v) is 9.58. The van der Waals surface area contributed by atoms with Crippen molar-refractivity contribution in [2.75, 3.05) is 6.26 Å². The summed E-state index contributed by atoms with van der Waals surface area (Å²) in [5, 5.41) is 10.6. The summed E-state index contributed by atoms with van der Waals surface area (Å²) in [6.07, 6.45) is 3.75. The molecule has 0 radical (unpaired) electrons. The Bertz CT molecular complexity index is 390. The Hall–Kier alpha value is -1.29. The first-order chi connectivity index (χ1) is 7.10. The van der Waals surface area contributed by atoms with Gasteiger partial charge in [-0.25, -0.2) is 0 Å². The minimum atomic E-state index is -0.372. The second kappa shape index (κ2) is 4.98. The lowest BCUT2D eigenvalue weighted by atomic mass is 10.0. The number of nitro benzene ring substituents is 1. The highest BCUT2D eigenvalue weighted by molar-refractivity contribution is 7.98. The summed E-state index contributed by atoms with van der Waals surface area (Å²) in [6, 6.07) is 4.95. The number of benzene rings is 1. The summed E-state index contributed by atoms with van der Waals surface area (Å²) < 4.78 is 0. The van der Waals surface area contributed by atoms with Crippen molar-refractivity contribution in [3.05, 3.63) is 46.5 Å². The Kier molecular flexibility index (Phi) is 3.91. The molecule has 0 aliphatic heterocycles. The SMILES string of the molecule is C=CC(C)c1cc([N+](=O)[O-])ccc1SC. The van der Waals surface area contributed by atoms with Crippen LogP contribution >= 0.6 is 11.8 Å². The first-order valence-corrected chi connectivity index (χ1v) is 5.77. The van der Waals surface area contributed by atoms with Gasteiger partial charge in [0.1, 0.15) is 0 Å². The molecule has 0 amide bonds. The van der Waals surface area contributed by atoms with Crippen LogP contribution in [0.2, 0.25) is 0 Å². The molecule has 80 valence electrons. The normalized spacial score (nSPS) is 12.1. The van der Waals surface area contributed by atoms with Gasteiger partial charge in [0.05, 0.1) is 4.92 Å². The number of hydrogen-bond acceptors (Lipinski definition) is 3. The van der Waals surface area contributed by atoms with Crippen molar-refractivity contribution in [1.82, 2.24) is 0 Å². The van der Waals surface area contributed by atoms with Crippen LogP contribution in [0, 0.1) is 10.1 Å². The van der Waals surface area contributed by atoms with E-state index in [0.717, 1.165) is 10.5 Å². The van der Waals surface area contributed by atoms with Crippen molar-refractivity contribution in [3.8, 4) is 0 Å². The summed E-state index contributed by atoms with van der Waals surface area (Å²) in [7, 11) is 0. The fraction of sp³-hybridized carbons (Fsp3) is 0.273. The Morgan fingerprint density at radius 3 is 2.73 bits per heavy atom. The van der Waals surface area contributed by atoms with Gasteiger partial charge in [-0.15, -0.1) is 18.3 Å². The largest absolute Gasteiger partial charge is 0.269 e. The summed E-state index contributed by atoms with van der Waals surface area (Å²) >= 11 is 1.59. The number of nitrogens with zero attached hydrogens (tertiary/aromatic N) is 1. The molecule has 0 spiro atoms. The molecule has 0 aliphatic carbocycles. The molecule has 0 bridgehead atoms. The molecule has 15 heavy (non-hydrogen) atoms. The van der Waals surface area contributed by atoms with E-state index in [1.807, 2.05) is 13.2 Å². The van der Waals surface area contributed by atoms with Crippen molar-refractivity contribution in [2.24, 2.45) is 0 Å². The van der Waals surface area contributed by atoms with E-state index in [0.29, 0.717) is 0 Å². The van der Waals surface area contributed by atoms with Crippen LogP contribution in [0.25, 0.3) is 0 Å². The minimum Gasteiger partial charge on any atom is -0.258 e. The fourth-order valence-corrected chi connectivity index (χ4v) is 2.00. The van der Waals surface area contributed by atoms with Crippen molar-refractivity contribution >= 4 is 17.4 Å². The van der Waals surface area contributed by atoms with Gasteiger partial charge in [-0.1, -0.05) is 13.0 Å². The first-order valence-electron chi connectivity index (χ1n) is 4.55. The number of nitro groups is 1. The molecule has 0 aliphatic rings. The highest BCUT2D eigenvalue weighted by atomic mass is 32.2. The Morgan fingerprint density at radius 2 is 2.27 bits per heavy atom. The molecule has 0 saturated carbocycles. The predicted octanol–water partition coefficient (Wildman–Crippen LogP) is 3.61. The lowest BCUT2D eigenvalue weighted by molar-refractivity contribution is -0.385. The fourth-order valence-electron chi connectivity index (χ4n) is 1.32. The zero-order chi connectivity index (χ0) is 11.4. The highest BCUT2D eigenvalue weighted by Gasteiger charge is 2.13. The van der Waals surface area contributed by atoms with E-state index in [-0.39, 0.29) is 16.5 Å². The maximum atomic E-state index is 10.6. The van der Waals surface area contributed by atoms with Gasteiger partial charge in [-0.3, -0.25) is 10.1 Å². The third kappa shape index (κ3) is 2.59. The monoisotopic (exact) mass is 223 g/mol. The van der Waals surface area contributed by atoms with E-state index in [9.17, 15) is 10.1 Å². The lowest BCUT2D eigenvalue weighted by Crippen LogP contribution is -1.95. The molecule has 3 nitrogen and oxygen atoms in total. The van der Waals surface area contributed by atoms with Gasteiger partial charge in [-0.05, 0) is 17.9 Å². The van der Waals surface area contributed by atoms with Crippen molar-refractivity contribution in [1.29, 1.82) is 0 Å². The molecule has 0 aromatic heterocycles. The number of non-ortho nitro benzene ring substituents is 1. The average molecular weight is 223 g/mol. The second-order valence-corrected chi connectivity index (χ2v) is 4.06. The molecular formula is C11H13NO2S. The molecule has 0 saturated heterocycles. The molecular weight excluding hydrogens is 210 g/mol. The van der Waals surface area contributed by atoms with Crippen LogP contribution in [0.3, 0.4) is 0 Å². The van der Waals surface area contributed by atoms with Crippen LogP contribution in [0.5, 0.6) is 0 Å². The van der Waals surface area contributed by atoms with Gasteiger partial charge >= 0.3 is 0 Å². The Labute approximate surface area is 93.3 Å². The Morgan fingerprint density at radius 1 is 1.60 bits per heavy atom. The maximum absolute atomic E-state index is 10.6. The van der Waals surface area contributed by atoms with E-state index in [1.54, 1.807) is 30.0 Å². The van der Waals surface area contributed by atoms with E-state index < -0.39 is 0 Å². The maximum Gasteiger partial charge on any atom is 0.269 e. The van der Waals surface area contributed by atoms with Gasteiger partial charge in [0.25, 0.3) is 5.69 Å². The highest BCUT2D eigenvalue weighted by Crippen LogP contribution is 2.30. The van der Waals surface area contributed by atoms with Crippen LogP contribution in [-0.2, 0) is 0 Å². The van der Waals surface area contributed by atoms with Crippen molar-refractivity contribution < 1.29 is 4.92 Å².